The SMILES string of the molecule is C[C@H]1CCCN(Cc2cc3c(C4CC4)c[nH]c(=O)c3n2COCC[Si](C)(C)C)C1. The Labute approximate surface area is 175 Å². The topological polar surface area (TPSA) is 50.3 Å². The van der Waals surface area contributed by atoms with Crippen molar-refractivity contribution in [3.63, 3.8) is 0 Å². The van der Waals surface area contributed by atoms with Gasteiger partial charge >= 0.3 is 0 Å². The van der Waals surface area contributed by atoms with E-state index in [2.05, 4.69) is 47.1 Å². The second-order valence-corrected chi connectivity index (χ2v) is 16.1. The summed E-state index contributed by atoms with van der Waals surface area (Å²) >= 11 is 0. The summed E-state index contributed by atoms with van der Waals surface area (Å²) in [5.41, 5.74) is 3.35. The number of piperidine rings is 1. The van der Waals surface area contributed by atoms with Crippen molar-refractivity contribution in [1.82, 2.24) is 14.5 Å². The van der Waals surface area contributed by atoms with Crippen molar-refractivity contribution >= 4 is 19.0 Å². The molecule has 6 heteroatoms. The van der Waals surface area contributed by atoms with Gasteiger partial charge in [-0.2, -0.15) is 0 Å². The van der Waals surface area contributed by atoms with Gasteiger partial charge in [-0.3, -0.25) is 9.69 Å². The molecule has 160 valence electrons. The lowest BCUT2D eigenvalue weighted by molar-refractivity contribution is 0.0848. The van der Waals surface area contributed by atoms with Crippen LogP contribution in [-0.2, 0) is 18.0 Å². The van der Waals surface area contributed by atoms with Crippen molar-refractivity contribution < 1.29 is 4.74 Å². The highest BCUT2D eigenvalue weighted by atomic mass is 28.3. The number of aromatic amines is 1. The van der Waals surface area contributed by atoms with Gasteiger partial charge in [-0.25, -0.2) is 0 Å². The highest BCUT2D eigenvalue weighted by molar-refractivity contribution is 6.76. The van der Waals surface area contributed by atoms with Crippen molar-refractivity contribution in [1.29, 1.82) is 0 Å². The van der Waals surface area contributed by atoms with E-state index in [4.69, 9.17) is 4.74 Å². The molecule has 0 bridgehead atoms. The molecular formula is C23H37N3O2Si. The number of hydrogen-bond donors (Lipinski definition) is 1. The molecule has 0 unspecified atom stereocenters. The molecule has 0 amide bonds. The number of pyridine rings is 1. The number of ether oxygens (including phenoxy) is 1. The van der Waals surface area contributed by atoms with Gasteiger partial charge in [0.2, 0.25) is 0 Å². The molecule has 4 rings (SSSR count). The lowest BCUT2D eigenvalue weighted by Crippen LogP contribution is -2.34. The van der Waals surface area contributed by atoms with Gasteiger partial charge in [-0.1, -0.05) is 26.6 Å². The number of nitrogens with one attached hydrogen (secondary N) is 1. The lowest BCUT2D eigenvalue weighted by atomic mass is 10.0. The Morgan fingerprint density at radius 1 is 1.24 bits per heavy atom. The van der Waals surface area contributed by atoms with Crippen molar-refractivity contribution in [3.05, 3.63) is 33.9 Å². The number of rotatable bonds is 8. The van der Waals surface area contributed by atoms with E-state index in [0.29, 0.717) is 12.6 Å². The molecule has 29 heavy (non-hydrogen) atoms. The summed E-state index contributed by atoms with van der Waals surface area (Å²) in [5, 5.41) is 1.14. The molecule has 5 nitrogen and oxygen atoms in total. The standard InChI is InChI=1S/C23H37N3O2Si/c1-17-6-5-9-25(14-17)15-19-12-20-21(18-7-8-18)13-24-23(27)22(20)26(19)16-28-10-11-29(2,3)4/h12-13,17-18H,5-11,14-16H2,1-4H3,(H,24,27)/t17-/m0/s1. The first-order valence-electron chi connectivity index (χ1n) is 11.4. The van der Waals surface area contributed by atoms with E-state index in [1.54, 1.807) is 0 Å². The molecule has 2 aromatic rings. The van der Waals surface area contributed by atoms with Gasteiger partial charge in [0.1, 0.15) is 12.2 Å². The second kappa shape index (κ2) is 8.40. The van der Waals surface area contributed by atoms with Gasteiger partial charge in [0.05, 0.1) is 0 Å². The summed E-state index contributed by atoms with van der Waals surface area (Å²) < 4.78 is 8.27. The smallest absolute Gasteiger partial charge is 0.272 e. The summed E-state index contributed by atoms with van der Waals surface area (Å²) in [6.45, 7) is 13.9. The molecule has 0 radical (unpaired) electrons. The van der Waals surface area contributed by atoms with Crippen LogP contribution in [0.5, 0.6) is 0 Å². The first-order valence-corrected chi connectivity index (χ1v) is 15.1. The molecule has 1 atom stereocenters. The second-order valence-electron chi connectivity index (χ2n) is 10.5. The molecule has 1 N–H and O–H groups in total. The summed E-state index contributed by atoms with van der Waals surface area (Å²) in [4.78, 5) is 18.4. The Hall–Kier alpha value is -1.37. The van der Waals surface area contributed by atoms with Crippen molar-refractivity contribution in [3.8, 4) is 0 Å². The van der Waals surface area contributed by atoms with E-state index in [0.717, 1.165) is 49.1 Å². The minimum atomic E-state index is -1.13. The van der Waals surface area contributed by atoms with Crippen LogP contribution in [0.1, 0.15) is 49.8 Å². The first-order chi connectivity index (χ1) is 13.8. The minimum Gasteiger partial charge on any atom is -0.361 e. The molecule has 1 saturated carbocycles. The minimum absolute atomic E-state index is 0.0106. The van der Waals surface area contributed by atoms with E-state index < -0.39 is 8.07 Å². The Kier molecular flexibility index (Phi) is 6.05. The average Bonchev–Trinajstić information content (AvgIpc) is 3.41. The van der Waals surface area contributed by atoms with Crippen LogP contribution in [-0.4, -0.2) is 42.2 Å². The molecule has 2 aliphatic rings. The highest BCUT2D eigenvalue weighted by Gasteiger charge is 2.28. The van der Waals surface area contributed by atoms with Gasteiger partial charge < -0.3 is 14.3 Å². The summed E-state index contributed by atoms with van der Waals surface area (Å²) in [7, 11) is -1.13. The number of aromatic nitrogens is 2. The van der Waals surface area contributed by atoms with Crippen LogP contribution in [0.2, 0.25) is 25.7 Å². The maximum Gasteiger partial charge on any atom is 0.272 e. The maximum absolute atomic E-state index is 12.8. The molecular weight excluding hydrogens is 378 g/mol. The van der Waals surface area contributed by atoms with Gasteiger partial charge in [-0.05, 0) is 61.7 Å². The zero-order chi connectivity index (χ0) is 20.6. The molecule has 1 saturated heterocycles. The molecule has 1 aliphatic heterocycles. The normalized spacial score (nSPS) is 21.2. The quantitative estimate of drug-likeness (QED) is 0.500. The number of hydrogen-bond acceptors (Lipinski definition) is 3. The van der Waals surface area contributed by atoms with E-state index in [1.807, 2.05) is 6.20 Å². The molecule has 0 spiro atoms. The third kappa shape index (κ3) is 5.04. The van der Waals surface area contributed by atoms with Crippen LogP contribution >= 0.6 is 0 Å². The zero-order valence-electron chi connectivity index (χ0n) is 18.6. The molecule has 2 fully saturated rings. The average molecular weight is 416 g/mol. The number of likely N-dealkylation sites (tertiary alicyclic amines) is 1. The van der Waals surface area contributed by atoms with Gasteiger partial charge in [0, 0.05) is 45.0 Å². The van der Waals surface area contributed by atoms with Crippen molar-refractivity contribution in [2.24, 2.45) is 5.92 Å². The predicted molar refractivity (Wildman–Crippen MR) is 122 cm³/mol. The number of fused-ring (bicyclic) bond motifs is 1. The molecule has 1 aliphatic carbocycles. The van der Waals surface area contributed by atoms with Crippen LogP contribution in [0.15, 0.2) is 17.1 Å². The fraction of sp³-hybridized carbons (Fsp3) is 0.696. The maximum atomic E-state index is 12.8. The van der Waals surface area contributed by atoms with Crippen LogP contribution in [0, 0.1) is 5.92 Å². The summed E-state index contributed by atoms with van der Waals surface area (Å²) in [5.74, 6) is 1.36. The molecule has 0 aromatic carbocycles. The van der Waals surface area contributed by atoms with E-state index in [-0.39, 0.29) is 5.56 Å². The van der Waals surface area contributed by atoms with Gasteiger partial charge in [0.15, 0.2) is 0 Å². The monoisotopic (exact) mass is 415 g/mol. The van der Waals surface area contributed by atoms with Gasteiger partial charge in [0.25, 0.3) is 5.56 Å². The Morgan fingerprint density at radius 3 is 2.72 bits per heavy atom. The van der Waals surface area contributed by atoms with Crippen LogP contribution in [0.4, 0.5) is 0 Å². The zero-order valence-corrected chi connectivity index (χ0v) is 19.6. The van der Waals surface area contributed by atoms with E-state index in [1.165, 1.54) is 36.9 Å². The molecule has 2 aromatic heterocycles. The number of nitrogens with zero attached hydrogens (tertiary/aromatic N) is 2. The Morgan fingerprint density at radius 2 is 2.03 bits per heavy atom. The Bertz CT molecular complexity index is 907. The third-order valence-electron chi connectivity index (χ3n) is 6.43. The fourth-order valence-corrected chi connectivity index (χ4v) is 5.32. The fourth-order valence-electron chi connectivity index (χ4n) is 4.56. The summed E-state index contributed by atoms with van der Waals surface area (Å²) in [6.07, 6.45) is 7.01. The first kappa shape index (κ1) is 20.9. The van der Waals surface area contributed by atoms with Crippen molar-refractivity contribution in [2.75, 3.05) is 19.7 Å². The van der Waals surface area contributed by atoms with Crippen LogP contribution in [0.3, 0.4) is 0 Å². The largest absolute Gasteiger partial charge is 0.361 e. The summed E-state index contributed by atoms with van der Waals surface area (Å²) in [6, 6.07) is 3.42. The predicted octanol–water partition coefficient (Wildman–Crippen LogP) is 4.75. The third-order valence-corrected chi connectivity index (χ3v) is 8.13. The van der Waals surface area contributed by atoms with E-state index in [9.17, 15) is 4.79 Å². The Balaban J connectivity index is 1.63. The highest BCUT2D eigenvalue weighted by Crippen LogP contribution is 2.42. The molecule has 3 heterocycles. The lowest BCUT2D eigenvalue weighted by Gasteiger charge is -2.31. The van der Waals surface area contributed by atoms with Crippen LogP contribution in [0.25, 0.3) is 10.9 Å². The van der Waals surface area contributed by atoms with Crippen LogP contribution < -0.4 is 5.56 Å². The number of H-pyrrole nitrogens is 1. The van der Waals surface area contributed by atoms with Gasteiger partial charge in [-0.15, -0.1) is 0 Å². The van der Waals surface area contributed by atoms with Crippen molar-refractivity contribution in [2.45, 2.75) is 77.5 Å². The van der Waals surface area contributed by atoms with E-state index >= 15 is 0 Å².